The van der Waals surface area contributed by atoms with Crippen molar-refractivity contribution in [3.05, 3.63) is 44.7 Å². The summed E-state index contributed by atoms with van der Waals surface area (Å²) in [5, 5.41) is 0.694. The van der Waals surface area contributed by atoms with Gasteiger partial charge in [-0.25, -0.2) is 0 Å². The Labute approximate surface area is 107 Å². The molecule has 1 heterocycles. The fraction of sp³-hybridized carbons (Fsp3) is 0.0909. The lowest BCUT2D eigenvalue weighted by Gasteiger charge is -2.01. The van der Waals surface area contributed by atoms with Gasteiger partial charge in [0.05, 0.1) is 11.6 Å². The fourth-order valence-corrected chi connectivity index (χ4v) is 2.27. The Kier molecular flexibility index (Phi) is 3.33. The molecular formula is C11H9ClINO. The van der Waals surface area contributed by atoms with Gasteiger partial charge in [-0.2, -0.15) is 0 Å². The Hall–Kier alpha value is -0.520. The molecule has 0 radical (unpaired) electrons. The van der Waals surface area contributed by atoms with Crippen LogP contribution in [0, 0.1) is 3.57 Å². The summed E-state index contributed by atoms with van der Waals surface area (Å²) in [4.78, 5) is 0. The van der Waals surface area contributed by atoms with Gasteiger partial charge in [0.15, 0.2) is 0 Å². The molecule has 0 atom stereocenters. The standard InChI is InChI=1S/C11H9ClINO/c12-10-5-7(13)1-3-9(10)11-4-2-8(6-14)15-11/h1-5H,6,14H2. The maximum atomic E-state index is 6.12. The Morgan fingerprint density at radius 2 is 2.07 bits per heavy atom. The fourth-order valence-electron chi connectivity index (χ4n) is 1.32. The van der Waals surface area contributed by atoms with Gasteiger partial charge in [0.2, 0.25) is 0 Å². The van der Waals surface area contributed by atoms with Crippen molar-refractivity contribution in [2.45, 2.75) is 6.54 Å². The topological polar surface area (TPSA) is 39.2 Å². The van der Waals surface area contributed by atoms with Crippen LogP contribution in [0.2, 0.25) is 5.02 Å². The highest BCUT2D eigenvalue weighted by molar-refractivity contribution is 14.1. The van der Waals surface area contributed by atoms with Crippen molar-refractivity contribution in [2.24, 2.45) is 5.73 Å². The molecule has 0 aliphatic carbocycles. The van der Waals surface area contributed by atoms with Crippen molar-refractivity contribution in [3.8, 4) is 11.3 Å². The molecule has 78 valence electrons. The lowest BCUT2D eigenvalue weighted by Crippen LogP contribution is -1.92. The molecule has 0 bridgehead atoms. The molecule has 0 aliphatic rings. The molecule has 2 N–H and O–H groups in total. The number of halogens is 2. The molecule has 2 rings (SSSR count). The third-order valence-corrected chi connectivity index (χ3v) is 3.04. The second-order valence-corrected chi connectivity index (χ2v) is 4.75. The van der Waals surface area contributed by atoms with Crippen LogP contribution in [-0.4, -0.2) is 0 Å². The molecule has 0 amide bonds. The minimum absolute atomic E-state index is 0.405. The molecule has 0 fully saturated rings. The van der Waals surface area contributed by atoms with E-state index in [2.05, 4.69) is 22.6 Å². The van der Waals surface area contributed by atoms with Crippen LogP contribution < -0.4 is 5.73 Å². The maximum Gasteiger partial charge on any atom is 0.135 e. The summed E-state index contributed by atoms with van der Waals surface area (Å²) in [6.07, 6.45) is 0. The molecule has 2 aromatic rings. The third-order valence-electron chi connectivity index (χ3n) is 2.06. The molecular weight excluding hydrogens is 324 g/mol. The van der Waals surface area contributed by atoms with E-state index in [-0.39, 0.29) is 0 Å². The van der Waals surface area contributed by atoms with Gasteiger partial charge in [0.1, 0.15) is 11.5 Å². The van der Waals surface area contributed by atoms with E-state index in [1.807, 2.05) is 30.3 Å². The Balaban J connectivity index is 2.44. The van der Waals surface area contributed by atoms with Crippen molar-refractivity contribution >= 4 is 34.2 Å². The van der Waals surface area contributed by atoms with Crippen LogP contribution in [0.1, 0.15) is 5.76 Å². The summed E-state index contributed by atoms with van der Waals surface area (Å²) in [5.74, 6) is 1.52. The highest BCUT2D eigenvalue weighted by Crippen LogP contribution is 2.30. The highest BCUT2D eigenvalue weighted by atomic mass is 127. The van der Waals surface area contributed by atoms with Crippen LogP contribution in [0.4, 0.5) is 0 Å². The Bertz CT molecular complexity index is 481. The Morgan fingerprint density at radius 3 is 2.67 bits per heavy atom. The van der Waals surface area contributed by atoms with E-state index in [1.165, 1.54) is 0 Å². The van der Waals surface area contributed by atoms with Gasteiger partial charge in [-0.15, -0.1) is 0 Å². The van der Waals surface area contributed by atoms with E-state index in [0.29, 0.717) is 11.6 Å². The molecule has 1 aromatic carbocycles. The first-order valence-electron chi connectivity index (χ1n) is 4.45. The van der Waals surface area contributed by atoms with E-state index in [9.17, 15) is 0 Å². The normalized spacial score (nSPS) is 10.6. The van der Waals surface area contributed by atoms with E-state index < -0.39 is 0 Å². The zero-order valence-electron chi connectivity index (χ0n) is 7.84. The predicted molar refractivity (Wildman–Crippen MR) is 69.8 cm³/mol. The first-order chi connectivity index (χ1) is 7.20. The number of nitrogens with two attached hydrogens (primary N) is 1. The van der Waals surface area contributed by atoms with Gasteiger partial charge in [0.25, 0.3) is 0 Å². The van der Waals surface area contributed by atoms with Gasteiger partial charge < -0.3 is 10.2 Å². The highest BCUT2D eigenvalue weighted by Gasteiger charge is 2.08. The molecule has 4 heteroatoms. The van der Waals surface area contributed by atoms with E-state index in [1.54, 1.807) is 0 Å². The second kappa shape index (κ2) is 4.55. The van der Waals surface area contributed by atoms with Crippen LogP contribution in [0.15, 0.2) is 34.7 Å². The van der Waals surface area contributed by atoms with Crippen molar-refractivity contribution in [2.75, 3.05) is 0 Å². The first-order valence-corrected chi connectivity index (χ1v) is 5.90. The minimum atomic E-state index is 0.405. The van der Waals surface area contributed by atoms with Gasteiger partial charge in [-0.3, -0.25) is 0 Å². The lowest BCUT2D eigenvalue weighted by atomic mass is 10.2. The molecule has 0 unspecified atom stereocenters. The summed E-state index contributed by atoms with van der Waals surface area (Å²) in [6, 6.07) is 9.59. The maximum absolute atomic E-state index is 6.12. The van der Waals surface area contributed by atoms with Crippen LogP contribution in [0.5, 0.6) is 0 Å². The average Bonchev–Trinajstić information content (AvgIpc) is 2.66. The monoisotopic (exact) mass is 333 g/mol. The average molecular weight is 334 g/mol. The SMILES string of the molecule is NCc1ccc(-c2ccc(I)cc2Cl)o1. The van der Waals surface area contributed by atoms with E-state index >= 15 is 0 Å². The molecule has 0 saturated heterocycles. The summed E-state index contributed by atoms with van der Waals surface area (Å²) < 4.78 is 6.63. The number of hydrogen-bond donors (Lipinski definition) is 1. The van der Waals surface area contributed by atoms with Crippen molar-refractivity contribution < 1.29 is 4.42 Å². The van der Waals surface area contributed by atoms with Crippen LogP contribution in [0.25, 0.3) is 11.3 Å². The van der Waals surface area contributed by atoms with E-state index in [0.717, 1.165) is 20.7 Å². The van der Waals surface area contributed by atoms with E-state index in [4.69, 9.17) is 21.8 Å². The number of hydrogen-bond acceptors (Lipinski definition) is 2. The largest absolute Gasteiger partial charge is 0.460 e. The van der Waals surface area contributed by atoms with Gasteiger partial charge >= 0.3 is 0 Å². The quantitative estimate of drug-likeness (QED) is 0.852. The summed E-state index contributed by atoms with van der Waals surface area (Å²) in [7, 11) is 0. The molecule has 15 heavy (non-hydrogen) atoms. The molecule has 2 nitrogen and oxygen atoms in total. The molecule has 1 aromatic heterocycles. The van der Waals surface area contributed by atoms with Crippen LogP contribution in [-0.2, 0) is 6.54 Å². The minimum Gasteiger partial charge on any atom is -0.460 e. The Morgan fingerprint density at radius 1 is 1.27 bits per heavy atom. The number of benzene rings is 1. The van der Waals surface area contributed by atoms with Crippen LogP contribution >= 0.6 is 34.2 Å². The predicted octanol–water partition coefficient (Wildman–Crippen LogP) is 3.66. The number of rotatable bonds is 2. The van der Waals surface area contributed by atoms with Crippen molar-refractivity contribution in [1.82, 2.24) is 0 Å². The molecule has 0 saturated carbocycles. The van der Waals surface area contributed by atoms with Gasteiger partial charge in [-0.05, 0) is 52.9 Å². The van der Waals surface area contributed by atoms with Crippen molar-refractivity contribution in [1.29, 1.82) is 0 Å². The van der Waals surface area contributed by atoms with Crippen LogP contribution in [0.3, 0.4) is 0 Å². The van der Waals surface area contributed by atoms with Gasteiger partial charge in [-0.1, -0.05) is 11.6 Å². The summed E-state index contributed by atoms with van der Waals surface area (Å²) in [6.45, 7) is 0.405. The summed E-state index contributed by atoms with van der Waals surface area (Å²) >= 11 is 8.34. The smallest absolute Gasteiger partial charge is 0.135 e. The first kappa shape index (κ1) is 11.0. The third kappa shape index (κ3) is 2.35. The summed E-state index contributed by atoms with van der Waals surface area (Å²) in [5.41, 5.74) is 6.38. The molecule has 0 spiro atoms. The van der Waals surface area contributed by atoms with Gasteiger partial charge in [0, 0.05) is 9.13 Å². The second-order valence-electron chi connectivity index (χ2n) is 3.09. The zero-order valence-corrected chi connectivity index (χ0v) is 10.7. The molecule has 0 aliphatic heterocycles. The van der Waals surface area contributed by atoms with Crippen molar-refractivity contribution in [3.63, 3.8) is 0 Å². The lowest BCUT2D eigenvalue weighted by molar-refractivity contribution is 0.525. The number of furan rings is 1. The zero-order chi connectivity index (χ0) is 10.8.